The topological polar surface area (TPSA) is 68.2 Å². The molecule has 0 N–H and O–H groups in total. The summed E-state index contributed by atoms with van der Waals surface area (Å²) in [7, 11) is 0. The van der Waals surface area contributed by atoms with Gasteiger partial charge in [-0.15, -0.1) is 11.8 Å². The number of likely N-dealkylation sites (tertiary alicyclic amines) is 1. The first-order chi connectivity index (χ1) is 11.7. The Hall–Kier alpha value is -1.99. The van der Waals surface area contributed by atoms with Crippen molar-refractivity contribution in [1.29, 1.82) is 0 Å². The Morgan fingerprint density at radius 2 is 2.04 bits per heavy atom. The first-order valence-corrected chi connectivity index (χ1v) is 8.92. The van der Waals surface area contributed by atoms with E-state index < -0.39 is 0 Å². The maximum atomic E-state index is 12.3. The highest BCUT2D eigenvalue weighted by atomic mass is 32.2. The molecule has 1 unspecified atom stereocenters. The number of rotatable bonds is 4. The molecule has 4 heterocycles. The first-order valence-electron chi connectivity index (χ1n) is 7.94. The van der Waals surface area contributed by atoms with Crippen LogP contribution in [-0.4, -0.2) is 55.5 Å². The van der Waals surface area contributed by atoms with Crippen LogP contribution < -0.4 is 0 Å². The number of carbonyl (C=O) groups excluding carboxylic acids is 1. The van der Waals surface area contributed by atoms with Crippen molar-refractivity contribution in [3.63, 3.8) is 0 Å². The minimum atomic E-state index is -0.00946. The van der Waals surface area contributed by atoms with Crippen LogP contribution in [0.1, 0.15) is 22.5 Å². The number of thioether (sulfide) groups is 1. The van der Waals surface area contributed by atoms with Crippen LogP contribution in [0, 0.1) is 0 Å². The molecule has 2 saturated heterocycles. The highest BCUT2D eigenvalue weighted by Crippen LogP contribution is 2.46. The first kappa shape index (κ1) is 15.5. The third-order valence-electron chi connectivity index (χ3n) is 4.46. The molecule has 0 bridgehead atoms. The Kier molecular flexibility index (Phi) is 4.20. The normalized spacial score (nSPS) is 21.7. The van der Waals surface area contributed by atoms with Crippen molar-refractivity contribution in [2.45, 2.75) is 23.9 Å². The molecule has 6 nitrogen and oxygen atoms in total. The zero-order valence-corrected chi connectivity index (χ0v) is 14.0. The van der Waals surface area contributed by atoms with Gasteiger partial charge in [-0.05, 0) is 30.2 Å². The summed E-state index contributed by atoms with van der Waals surface area (Å²) < 4.78 is 6.19. The maximum absolute atomic E-state index is 12.3. The van der Waals surface area contributed by atoms with Crippen LogP contribution in [0.2, 0.25) is 0 Å². The fourth-order valence-corrected chi connectivity index (χ4v) is 4.75. The lowest BCUT2D eigenvalue weighted by Crippen LogP contribution is -2.60. The summed E-state index contributed by atoms with van der Waals surface area (Å²) >= 11 is 1.93. The van der Waals surface area contributed by atoms with Gasteiger partial charge in [0.05, 0.1) is 17.5 Å². The molecule has 2 aromatic rings. The predicted molar refractivity (Wildman–Crippen MR) is 90.6 cm³/mol. The second-order valence-electron chi connectivity index (χ2n) is 6.24. The summed E-state index contributed by atoms with van der Waals surface area (Å²) in [5.41, 5.74) is 1.61. The van der Waals surface area contributed by atoms with Crippen LogP contribution in [-0.2, 0) is 11.3 Å². The van der Waals surface area contributed by atoms with E-state index in [-0.39, 0.29) is 16.8 Å². The minimum absolute atomic E-state index is 0.00946. The van der Waals surface area contributed by atoms with Gasteiger partial charge in [-0.1, -0.05) is 0 Å². The second kappa shape index (κ2) is 6.49. The molecule has 1 spiro atoms. The van der Waals surface area contributed by atoms with Gasteiger partial charge in [0.25, 0.3) is 5.91 Å². The van der Waals surface area contributed by atoms with E-state index in [9.17, 15) is 4.79 Å². The van der Waals surface area contributed by atoms with Crippen LogP contribution >= 0.6 is 11.8 Å². The van der Waals surface area contributed by atoms with Gasteiger partial charge in [0.1, 0.15) is 12.0 Å². The predicted octanol–water partition coefficient (Wildman–Crippen LogP) is 1.79. The number of aromatic nitrogens is 3. The molecule has 1 atom stereocenters. The van der Waals surface area contributed by atoms with E-state index in [2.05, 4.69) is 15.0 Å². The number of pyridine rings is 1. The molecule has 7 heteroatoms. The van der Waals surface area contributed by atoms with E-state index in [1.807, 2.05) is 28.8 Å². The minimum Gasteiger partial charge on any atom is -0.373 e. The molecule has 2 aromatic heterocycles. The third-order valence-corrected chi connectivity index (χ3v) is 6.03. The third kappa shape index (κ3) is 3.14. The van der Waals surface area contributed by atoms with E-state index in [0.717, 1.165) is 30.8 Å². The quantitative estimate of drug-likeness (QED) is 0.844. The maximum Gasteiger partial charge on any atom is 0.272 e. The number of hydrogen-bond acceptors (Lipinski definition) is 6. The standard InChI is InChI=1S/C17H18N4O2S/c22-16(15-3-6-19-12-20-15)21-10-17(11-21)7-14(9-24-17)23-8-13-1-4-18-5-2-13/h1-6,12,14H,7-11H2. The van der Waals surface area contributed by atoms with E-state index in [0.29, 0.717) is 12.3 Å². The number of nitrogens with zero attached hydrogens (tertiary/aromatic N) is 4. The summed E-state index contributed by atoms with van der Waals surface area (Å²) in [6.45, 7) is 2.17. The molecule has 0 saturated carbocycles. The lowest BCUT2D eigenvalue weighted by atomic mass is 9.92. The van der Waals surface area contributed by atoms with Crippen LogP contribution in [0.3, 0.4) is 0 Å². The molecule has 0 aromatic carbocycles. The summed E-state index contributed by atoms with van der Waals surface area (Å²) in [6, 6.07) is 5.61. The average molecular weight is 342 g/mol. The monoisotopic (exact) mass is 342 g/mol. The van der Waals surface area contributed by atoms with Crippen LogP contribution in [0.4, 0.5) is 0 Å². The summed E-state index contributed by atoms with van der Waals surface area (Å²) in [5.74, 6) is 0.977. The molecule has 124 valence electrons. The summed E-state index contributed by atoms with van der Waals surface area (Å²) in [6.07, 6.45) is 7.83. The molecule has 0 radical (unpaired) electrons. The highest BCUT2D eigenvalue weighted by Gasteiger charge is 2.51. The zero-order valence-electron chi connectivity index (χ0n) is 13.2. The molecule has 2 aliphatic heterocycles. The van der Waals surface area contributed by atoms with Gasteiger partial charge in [0, 0.05) is 37.4 Å². The number of hydrogen-bond donors (Lipinski definition) is 0. The number of carbonyl (C=O) groups is 1. The lowest BCUT2D eigenvalue weighted by molar-refractivity contribution is 0.0253. The average Bonchev–Trinajstić information content (AvgIpc) is 3.04. The molecule has 24 heavy (non-hydrogen) atoms. The molecule has 2 fully saturated rings. The van der Waals surface area contributed by atoms with Gasteiger partial charge in [0.2, 0.25) is 0 Å². The molecule has 4 rings (SSSR count). The molecular weight excluding hydrogens is 324 g/mol. The second-order valence-corrected chi connectivity index (χ2v) is 7.73. The Labute approximate surface area is 144 Å². The fourth-order valence-electron chi connectivity index (χ4n) is 3.20. The van der Waals surface area contributed by atoms with Crippen LogP contribution in [0.5, 0.6) is 0 Å². The van der Waals surface area contributed by atoms with Gasteiger partial charge < -0.3 is 9.64 Å². The van der Waals surface area contributed by atoms with Crippen molar-refractivity contribution in [3.05, 3.63) is 54.4 Å². The van der Waals surface area contributed by atoms with Crippen molar-refractivity contribution < 1.29 is 9.53 Å². The van der Waals surface area contributed by atoms with E-state index >= 15 is 0 Å². The van der Waals surface area contributed by atoms with Crippen molar-refractivity contribution in [1.82, 2.24) is 19.9 Å². The Bertz CT molecular complexity index is 707. The summed E-state index contributed by atoms with van der Waals surface area (Å²) in [5, 5.41) is 0. The summed E-state index contributed by atoms with van der Waals surface area (Å²) in [4.78, 5) is 26.1. The van der Waals surface area contributed by atoms with E-state index in [4.69, 9.17) is 4.74 Å². The molecule has 2 aliphatic rings. The smallest absolute Gasteiger partial charge is 0.272 e. The van der Waals surface area contributed by atoms with Crippen molar-refractivity contribution in [2.75, 3.05) is 18.8 Å². The Morgan fingerprint density at radius 3 is 2.79 bits per heavy atom. The van der Waals surface area contributed by atoms with Gasteiger partial charge >= 0.3 is 0 Å². The van der Waals surface area contributed by atoms with E-state index in [1.54, 1.807) is 24.7 Å². The Morgan fingerprint density at radius 1 is 1.25 bits per heavy atom. The van der Waals surface area contributed by atoms with Crippen LogP contribution in [0.25, 0.3) is 0 Å². The Balaban J connectivity index is 1.28. The van der Waals surface area contributed by atoms with Crippen LogP contribution in [0.15, 0.2) is 43.1 Å². The van der Waals surface area contributed by atoms with Crippen molar-refractivity contribution in [2.24, 2.45) is 0 Å². The largest absolute Gasteiger partial charge is 0.373 e. The van der Waals surface area contributed by atoms with Crippen molar-refractivity contribution in [3.8, 4) is 0 Å². The zero-order chi connectivity index (χ0) is 16.4. The number of amides is 1. The van der Waals surface area contributed by atoms with Gasteiger partial charge in [0.15, 0.2) is 0 Å². The van der Waals surface area contributed by atoms with E-state index in [1.165, 1.54) is 6.33 Å². The molecule has 1 amide bonds. The van der Waals surface area contributed by atoms with Gasteiger partial charge in [-0.3, -0.25) is 9.78 Å². The molecule has 0 aliphatic carbocycles. The van der Waals surface area contributed by atoms with Gasteiger partial charge in [-0.25, -0.2) is 9.97 Å². The number of ether oxygens (including phenoxy) is 1. The SMILES string of the molecule is O=C(c1ccncn1)N1CC2(CC(OCc3ccncc3)CS2)C1. The molecular formula is C17H18N4O2S. The van der Waals surface area contributed by atoms with Crippen molar-refractivity contribution >= 4 is 17.7 Å². The van der Waals surface area contributed by atoms with Gasteiger partial charge in [-0.2, -0.15) is 0 Å². The lowest BCUT2D eigenvalue weighted by Gasteiger charge is -2.47. The fraction of sp³-hybridized carbons (Fsp3) is 0.412. The highest BCUT2D eigenvalue weighted by molar-refractivity contribution is 8.01.